The average Bonchev–Trinajstić information content (AvgIpc) is 2.37. The molecular formula is C8H15N3O2S2. The summed E-state index contributed by atoms with van der Waals surface area (Å²) in [6.45, 7) is 4.91. The number of primary sulfonamides is 1. The highest BCUT2D eigenvalue weighted by molar-refractivity contribution is 7.89. The minimum Gasteiger partial charge on any atom is -0.311 e. The van der Waals surface area contributed by atoms with Gasteiger partial charge >= 0.3 is 0 Å². The summed E-state index contributed by atoms with van der Waals surface area (Å²) in [5, 5.41) is 8.92. The van der Waals surface area contributed by atoms with E-state index in [0.29, 0.717) is 13.1 Å². The maximum Gasteiger partial charge on any atom is 0.210 e. The molecule has 0 unspecified atom stereocenters. The molecule has 0 atom stereocenters. The van der Waals surface area contributed by atoms with Crippen LogP contribution in [0.1, 0.15) is 15.6 Å². The first-order valence-corrected chi connectivity index (χ1v) is 7.06. The summed E-state index contributed by atoms with van der Waals surface area (Å²) in [7, 11) is -3.36. The predicted octanol–water partition coefficient (Wildman–Crippen LogP) is 0.138. The van der Waals surface area contributed by atoms with E-state index in [-0.39, 0.29) is 5.75 Å². The van der Waals surface area contributed by atoms with Crippen LogP contribution in [0.5, 0.6) is 0 Å². The Morgan fingerprint density at radius 1 is 1.47 bits per heavy atom. The molecule has 15 heavy (non-hydrogen) atoms. The van der Waals surface area contributed by atoms with Crippen LogP contribution >= 0.6 is 11.3 Å². The van der Waals surface area contributed by atoms with Crippen molar-refractivity contribution < 1.29 is 8.42 Å². The maximum atomic E-state index is 10.6. The van der Waals surface area contributed by atoms with E-state index in [2.05, 4.69) is 10.3 Å². The summed E-state index contributed by atoms with van der Waals surface area (Å²) in [6.07, 6.45) is 0. The SMILES string of the molecule is Cc1nc(C)c(CNCCS(N)(=O)=O)s1. The van der Waals surface area contributed by atoms with Crippen molar-refractivity contribution in [3.8, 4) is 0 Å². The summed E-state index contributed by atoms with van der Waals surface area (Å²) < 4.78 is 21.3. The number of sulfonamides is 1. The first-order valence-electron chi connectivity index (χ1n) is 4.52. The maximum absolute atomic E-state index is 10.6. The Morgan fingerprint density at radius 2 is 2.13 bits per heavy atom. The van der Waals surface area contributed by atoms with E-state index in [4.69, 9.17) is 5.14 Å². The minimum absolute atomic E-state index is 0.0379. The van der Waals surface area contributed by atoms with Crippen molar-refractivity contribution in [1.82, 2.24) is 10.3 Å². The first-order chi connectivity index (χ1) is 6.88. The Labute approximate surface area is 93.8 Å². The van der Waals surface area contributed by atoms with Crippen molar-refractivity contribution in [2.75, 3.05) is 12.3 Å². The minimum atomic E-state index is -3.36. The fourth-order valence-electron chi connectivity index (χ4n) is 1.15. The molecule has 0 spiro atoms. The van der Waals surface area contributed by atoms with Gasteiger partial charge < -0.3 is 5.32 Å². The van der Waals surface area contributed by atoms with E-state index in [1.807, 2.05) is 13.8 Å². The summed E-state index contributed by atoms with van der Waals surface area (Å²) in [5.41, 5.74) is 1.00. The van der Waals surface area contributed by atoms with Gasteiger partial charge in [-0.2, -0.15) is 0 Å². The number of aromatic nitrogens is 1. The molecule has 0 aliphatic rings. The van der Waals surface area contributed by atoms with Gasteiger partial charge in [0.25, 0.3) is 0 Å². The van der Waals surface area contributed by atoms with Crippen LogP contribution in [0, 0.1) is 13.8 Å². The van der Waals surface area contributed by atoms with Crippen LogP contribution in [-0.2, 0) is 16.6 Å². The molecule has 0 aromatic carbocycles. The Morgan fingerprint density at radius 3 is 2.60 bits per heavy atom. The molecule has 0 bridgehead atoms. The summed E-state index contributed by atoms with van der Waals surface area (Å²) >= 11 is 1.62. The zero-order valence-electron chi connectivity index (χ0n) is 8.78. The summed E-state index contributed by atoms with van der Waals surface area (Å²) in [5.74, 6) is -0.0379. The molecule has 0 fully saturated rings. The molecule has 7 heteroatoms. The van der Waals surface area contributed by atoms with Crippen molar-refractivity contribution in [1.29, 1.82) is 0 Å². The molecule has 0 amide bonds. The summed E-state index contributed by atoms with van der Waals surface area (Å²) in [4.78, 5) is 5.41. The van der Waals surface area contributed by atoms with Crippen molar-refractivity contribution in [3.63, 3.8) is 0 Å². The van der Waals surface area contributed by atoms with Crippen molar-refractivity contribution >= 4 is 21.4 Å². The fourth-order valence-corrected chi connectivity index (χ4v) is 2.49. The quantitative estimate of drug-likeness (QED) is 0.727. The van der Waals surface area contributed by atoms with E-state index in [0.717, 1.165) is 15.6 Å². The number of aryl methyl sites for hydroxylation is 2. The third-order valence-electron chi connectivity index (χ3n) is 1.85. The van der Waals surface area contributed by atoms with Gasteiger partial charge in [-0.3, -0.25) is 0 Å². The molecule has 0 aliphatic heterocycles. The third-order valence-corrected chi connectivity index (χ3v) is 3.69. The van der Waals surface area contributed by atoms with Gasteiger partial charge in [0.1, 0.15) is 0 Å². The smallest absolute Gasteiger partial charge is 0.210 e. The van der Waals surface area contributed by atoms with Crippen LogP contribution in [0.2, 0.25) is 0 Å². The Balaban J connectivity index is 2.35. The van der Waals surface area contributed by atoms with Gasteiger partial charge in [0.05, 0.1) is 16.5 Å². The lowest BCUT2D eigenvalue weighted by Gasteiger charge is -2.01. The van der Waals surface area contributed by atoms with Gasteiger partial charge in [-0.15, -0.1) is 11.3 Å². The zero-order chi connectivity index (χ0) is 11.5. The number of rotatable bonds is 5. The first kappa shape index (κ1) is 12.6. The normalized spacial score (nSPS) is 11.9. The molecule has 0 saturated carbocycles. The molecule has 0 saturated heterocycles. The van der Waals surface area contributed by atoms with Crippen molar-refractivity contribution in [2.45, 2.75) is 20.4 Å². The zero-order valence-corrected chi connectivity index (χ0v) is 10.4. The highest BCUT2D eigenvalue weighted by Gasteiger charge is 2.05. The fraction of sp³-hybridized carbons (Fsp3) is 0.625. The standard InChI is InChI=1S/C8H15N3O2S2/c1-6-8(14-7(2)11-6)5-10-3-4-15(9,12)13/h10H,3-5H2,1-2H3,(H2,9,12,13). The van der Waals surface area contributed by atoms with E-state index in [1.165, 1.54) is 0 Å². The number of hydrogen-bond donors (Lipinski definition) is 2. The van der Waals surface area contributed by atoms with Crippen LogP contribution in [0.4, 0.5) is 0 Å². The number of hydrogen-bond acceptors (Lipinski definition) is 5. The molecule has 5 nitrogen and oxygen atoms in total. The molecule has 0 aliphatic carbocycles. The lowest BCUT2D eigenvalue weighted by atomic mass is 10.4. The van der Waals surface area contributed by atoms with E-state index in [1.54, 1.807) is 11.3 Å². The third kappa shape index (κ3) is 4.70. The monoisotopic (exact) mass is 249 g/mol. The lowest BCUT2D eigenvalue weighted by Crippen LogP contribution is -2.26. The molecule has 0 radical (unpaired) electrons. The number of nitrogens with two attached hydrogens (primary N) is 1. The molecule has 3 N–H and O–H groups in total. The molecule has 86 valence electrons. The number of thiazole rings is 1. The molecule has 1 heterocycles. The number of nitrogens with zero attached hydrogens (tertiary/aromatic N) is 1. The van der Waals surface area contributed by atoms with Gasteiger partial charge in [0, 0.05) is 18.0 Å². The van der Waals surface area contributed by atoms with Crippen LogP contribution in [0.3, 0.4) is 0 Å². The second kappa shape index (κ2) is 5.02. The van der Waals surface area contributed by atoms with Crippen LogP contribution in [0.25, 0.3) is 0 Å². The Hall–Kier alpha value is -0.500. The lowest BCUT2D eigenvalue weighted by molar-refractivity contribution is 0.592. The van der Waals surface area contributed by atoms with E-state index in [9.17, 15) is 8.42 Å². The second-order valence-corrected chi connectivity index (χ2v) is 6.31. The number of nitrogens with one attached hydrogen (secondary N) is 1. The Bertz CT molecular complexity index is 425. The average molecular weight is 249 g/mol. The second-order valence-electron chi connectivity index (χ2n) is 3.29. The van der Waals surface area contributed by atoms with Crippen LogP contribution in [-0.4, -0.2) is 25.7 Å². The summed E-state index contributed by atoms with van der Waals surface area (Å²) in [6, 6.07) is 0. The van der Waals surface area contributed by atoms with E-state index >= 15 is 0 Å². The molecular weight excluding hydrogens is 234 g/mol. The molecule has 1 aromatic rings. The molecule has 1 rings (SSSR count). The topological polar surface area (TPSA) is 85.1 Å². The molecule has 1 aromatic heterocycles. The van der Waals surface area contributed by atoms with Crippen molar-refractivity contribution in [2.24, 2.45) is 5.14 Å². The predicted molar refractivity (Wildman–Crippen MR) is 61.3 cm³/mol. The highest BCUT2D eigenvalue weighted by Crippen LogP contribution is 2.16. The van der Waals surface area contributed by atoms with E-state index < -0.39 is 10.0 Å². The Kier molecular flexibility index (Phi) is 4.21. The van der Waals surface area contributed by atoms with Gasteiger partial charge in [0.2, 0.25) is 10.0 Å². The van der Waals surface area contributed by atoms with Gasteiger partial charge in [-0.1, -0.05) is 0 Å². The van der Waals surface area contributed by atoms with Gasteiger partial charge in [-0.05, 0) is 13.8 Å². The van der Waals surface area contributed by atoms with Crippen molar-refractivity contribution in [3.05, 3.63) is 15.6 Å². The van der Waals surface area contributed by atoms with Crippen LogP contribution in [0.15, 0.2) is 0 Å². The largest absolute Gasteiger partial charge is 0.311 e. The highest BCUT2D eigenvalue weighted by atomic mass is 32.2. The van der Waals surface area contributed by atoms with Crippen LogP contribution < -0.4 is 10.5 Å². The van der Waals surface area contributed by atoms with Gasteiger partial charge in [-0.25, -0.2) is 18.5 Å². The van der Waals surface area contributed by atoms with Gasteiger partial charge in [0.15, 0.2) is 0 Å².